The molecule has 2 aliphatic heterocycles. The van der Waals surface area contributed by atoms with Crippen LogP contribution >= 0.6 is 0 Å². The van der Waals surface area contributed by atoms with Crippen LogP contribution in [0.3, 0.4) is 0 Å². The van der Waals surface area contributed by atoms with Crippen LogP contribution in [0, 0.1) is 11.8 Å². The first kappa shape index (κ1) is 14.3. The van der Waals surface area contributed by atoms with Crippen molar-refractivity contribution in [3.63, 3.8) is 0 Å². The molecule has 2 rings (SSSR count). The van der Waals surface area contributed by atoms with Crippen molar-refractivity contribution in [2.24, 2.45) is 11.8 Å². The summed E-state index contributed by atoms with van der Waals surface area (Å²) in [6, 6.07) is 0.165. The topological polar surface area (TPSA) is 49.4 Å². The minimum Gasteiger partial charge on any atom is -0.313 e. The van der Waals surface area contributed by atoms with Gasteiger partial charge in [-0.1, -0.05) is 20.3 Å². The molecule has 0 aromatic carbocycles. The van der Waals surface area contributed by atoms with Crippen molar-refractivity contribution >= 4 is 10.0 Å². The molecular weight excluding hydrogens is 248 g/mol. The lowest BCUT2D eigenvalue weighted by Crippen LogP contribution is -2.48. The second kappa shape index (κ2) is 5.88. The monoisotopic (exact) mass is 274 g/mol. The van der Waals surface area contributed by atoms with Crippen molar-refractivity contribution in [3.8, 4) is 0 Å². The maximum atomic E-state index is 12.4. The van der Waals surface area contributed by atoms with Gasteiger partial charge in [0.05, 0.1) is 5.75 Å². The molecule has 0 radical (unpaired) electrons. The van der Waals surface area contributed by atoms with E-state index >= 15 is 0 Å². The largest absolute Gasteiger partial charge is 0.313 e. The Kier molecular flexibility index (Phi) is 4.67. The number of piperidine rings is 2. The summed E-state index contributed by atoms with van der Waals surface area (Å²) in [6.45, 7) is 6.76. The fourth-order valence-electron chi connectivity index (χ4n) is 2.90. The Morgan fingerprint density at radius 1 is 1.17 bits per heavy atom. The van der Waals surface area contributed by atoms with Gasteiger partial charge in [0, 0.05) is 19.1 Å². The van der Waals surface area contributed by atoms with Gasteiger partial charge in [-0.05, 0) is 37.6 Å². The van der Waals surface area contributed by atoms with E-state index in [9.17, 15) is 8.42 Å². The minimum absolute atomic E-state index is 0.165. The van der Waals surface area contributed by atoms with Gasteiger partial charge in [-0.25, -0.2) is 12.7 Å². The lowest BCUT2D eigenvalue weighted by molar-refractivity contribution is 0.212. The number of hydrogen-bond donors (Lipinski definition) is 1. The molecule has 0 bridgehead atoms. The Hall–Kier alpha value is -0.130. The Labute approximate surface area is 111 Å². The normalized spacial score (nSPS) is 35.6. The van der Waals surface area contributed by atoms with E-state index in [0.29, 0.717) is 24.9 Å². The molecular formula is C13H26N2O2S. The van der Waals surface area contributed by atoms with Gasteiger partial charge in [0.2, 0.25) is 10.0 Å². The van der Waals surface area contributed by atoms with Crippen LogP contribution in [0.4, 0.5) is 0 Å². The summed E-state index contributed by atoms with van der Waals surface area (Å²) in [7, 11) is -3.07. The van der Waals surface area contributed by atoms with Gasteiger partial charge < -0.3 is 5.32 Å². The average molecular weight is 274 g/mol. The number of rotatable bonds is 3. The van der Waals surface area contributed by atoms with E-state index in [1.54, 1.807) is 4.31 Å². The van der Waals surface area contributed by atoms with Crippen LogP contribution in [0.25, 0.3) is 0 Å². The molecule has 18 heavy (non-hydrogen) atoms. The molecule has 2 fully saturated rings. The zero-order valence-corrected chi connectivity index (χ0v) is 12.4. The van der Waals surface area contributed by atoms with Crippen molar-refractivity contribution in [1.82, 2.24) is 9.62 Å². The summed E-state index contributed by atoms with van der Waals surface area (Å²) in [5.41, 5.74) is 0. The third kappa shape index (κ3) is 3.45. The Balaban J connectivity index is 1.93. The summed E-state index contributed by atoms with van der Waals surface area (Å²) in [4.78, 5) is 0. The van der Waals surface area contributed by atoms with Crippen molar-refractivity contribution < 1.29 is 8.42 Å². The highest BCUT2D eigenvalue weighted by Crippen LogP contribution is 2.25. The molecule has 0 aromatic rings. The van der Waals surface area contributed by atoms with Gasteiger partial charge in [-0.3, -0.25) is 0 Å². The van der Waals surface area contributed by atoms with Crippen molar-refractivity contribution in [2.45, 2.75) is 45.6 Å². The van der Waals surface area contributed by atoms with Crippen LogP contribution in [-0.2, 0) is 10.0 Å². The third-order valence-corrected chi connectivity index (χ3v) is 6.46. The van der Waals surface area contributed by atoms with E-state index in [0.717, 1.165) is 25.8 Å². The highest BCUT2D eigenvalue weighted by Gasteiger charge is 2.32. The second-order valence-electron chi connectivity index (χ2n) is 6.03. The van der Waals surface area contributed by atoms with Gasteiger partial charge in [-0.15, -0.1) is 0 Å². The van der Waals surface area contributed by atoms with Crippen LogP contribution in [-0.4, -0.2) is 44.2 Å². The molecule has 2 saturated heterocycles. The van der Waals surface area contributed by atoms with E-state index in [1.165, 1.54) is 6.42 Å². The van der Waals surface area contributed by atoms with Crippen LogP contribution in [0.1, 0.15) is 39.5 Å². The molecule has 2 aliphatic rings. The zero-order valence-electron chi connectivity index (χ0n) is 11.6. The highest BCUT2D eigenvalue weighted by atomic mass is 32.2. The van der Waals surface area contributed by atoms with E-state index in [1.807, 2.05) is 0 Å². The molecule has 3 atom stereocenters. The van der Waals surface area contributed by atoms with Gasteiger partial charge in [0.1, 0.15) is 0 Å². The van der Waals surface area contributed by atoms with Gasteiger partial charge in [0.15, 0.2) is 0 Å². The van der Waals surface area contributed by atoms with Crippen LogP contribution in [0.2, 0.25) is 0 Å². The molecule has 0 saturated carbocycles. The number of nitrogens with one attached hydrogen (secondary N) is 1. The van der Waals surface area contributed by atoms with Crippen molar-refractivity contribution in [2.75, 3.05) is 25.4 Å². The number of nitrogens with zero attached hydrogens (tertiary/aromatic N) is 1. The average Bonchev–Trinajstić information content (AvgIpc) is 2.33. The Bertz CT molecular complexity index is 363. The second-order valence-corrected chi connectivity index (χ2v) is 8.04. The first-order chi connectivity index (χ1) is 8.49. The summed E-state index contributed by atoms with van der Waals surface area (Å²) in [5, 5.41) is 3.33. The fourth-order valence-corrected chi connectivity index (χ4v) is 4.75. The van der Waals surface area contributed by atoms with Gasteiger partial charge in [0.25, 0.3) is 0 Å². The van der Waals surface area contributed by atoms with Crippen LogP contribution in [0.15, 0.2) is 0 Å². The molecule has 4 nitrogen and oxygen atoms in total. The smallest absolute Gasteiger partial charge is 0.215 e. The molecule has 0 amide bonds. The predicted octanol–water partition coefficient (Wildman–Crippen LogP) is 1.44. The van der Waals surface area contributed by atoms with Crippen LogP contribution in [0.5, 0.6) is 0 Å². The molecule has 1 N–H and O–H groups in total. The highest BCUT2D eigenvalue weighted by molar-refractivity contribution is 7.89. The number of hydrogen-bond acceptors (Lipinski definition) is 3. The number of sulfonamides is 1. The molecule has 5 heteroatoms. The predicted molar refractivity (Wildman–Crippen MR) is 73.9 cm³/mol. The van der Waals surface area contributed by atoms with E-state index in [-0.39, 0.29) is 11.8 Å². The third-order valence-electron chi connectivity index (χ3n) is 4.51. The standard InChI is InChI=1S/C13H26N2O2S/c1-11-6-8-15(9-12(11)2)18(16,17)10-13-5-3-4-7-14-13/h11-14H,3-10H2,1-2H3. The fraction of sp³-hybridized carbons (Fsp3) is 1.00. The molecule has 0 aliphatic carbocycles. The van der Waals surface area contributed by atoms with E-state index < -0.39 is 10.0 Å². The van der Waals surface area contributed by atoms with Crippen LogP contribution < -0.4 is 5.32 Å². The quantitative estimate of drug-likeness (QED) is 0.847. The Morgan fingerprint density at radius 3 is 2.56 bits per heavy atom. The molecule has 3 unspecified atom stereocenters. The zero-order chi connectivity index (χ0) is 13.2. The lowest BCUT2D eigenvalue weighted by atomic mass is 9.90. The summed E-state index contributed by atoms with van der Waals surface area (Å²) >= 11 is 0. The lowest BCUT2D eigenvalue weighted by Gasteiger charge is -2.35. The molecule has 106 valence electrons. The SMILES string of the molecule is CC1CCN(S(=O)(=O)CC2CCCCN2)CC1C. The van der Waals surface area contributed by atoms with Crippen molar-refractivity contribution in [1.29, 1.82) is 0 Å². The maximum Gasteiger partial charge on any atom is 0.215 e. The van der Waals surface area contributed by atoms with Gasteiger partial charge in [-0.2, -0.15) is 0 Å². The van der Waals surface area contributed by atoms with Gasteiger partial charge >= 0.3 is 0 Å². The summed E-state index contributed by atoms with van der Waals surface area (Å²) in [6.07, 6.45) is 4.33. The summed E-state index contributed by atoms with van der Waals surface area (Å²) in [5.74, 6) is 1.41. The first-order valence-corrected chi connectivity index (χ1v) is 8.81. The van der Waals surface area contributed by atoms with E-state index in [2.05, 4.69) is 19.2 Å². The minimum atomic E-state index is -3.07. The molecule has 0 spiro atoms. The van der Waals surface area contributed by atoms with E-state index in [4.69, 9.17) is 0 Å². The molecule has 0 aromatic heterocycles. The molecule has 2 heterocycles. The van der Waals surface area contributed by atoms with Crippen molar-refractivity contribution in [3.05, 3.63) is 0 Å². The summed E-state index contributed by atoms with van der Waals surface area (Å²) < 4.78 is 26.5. The maximum absolute atomic E-state index is 12.4. The Morgan fingerprint density at radius 2 is 1.94 bits per heavy atom. The first-order valence-electron chi connectivity index (χ1n) is 7.20.